The highest BCUT2D eigenvalue weighted by Crippen LogP contribution is 2.28. The molecule has 92 valence electrons. The van der Waals surface area contributed by atoms with Crippen LogP contribution in [0.4, 0.5) is 0 Å². The summed E-state index contributed by atoms with van der Waals surface area (Å²) in [6.07, 6.45) is 13.6. The Morgan fingerprint density at radius 3 is 2.71 bits per heavy atom. The summed E-state index contributed by atoms with van der Waals surface area (Å²) in [4.78, 5) is 4.87. The highest BCUT2D eigenvalue weighted by atomic mass is 14.7. The van der Waals surface area contributed by atoms with Gasteiger partial charge >= 0.3 is 0 Å². The Bertz CT molecular complexity index is 377. The molecule has 0 saturated heterocycles. The van der Waals surface area contributed by atoms with Gasteiger partial charge in [0.25, 0.3) is 0 Å². The fourth-order valence-corrected chi connectivity index (χ4v) is 3.42. The number of hydrogen-bond donors (Lipinski definition) is 0. The maximum atomic E-state index is 4.87. The normalized spacial score (nSPS) is 20.5. The van der Waals surface area contributed by atoms with Crippen molar-refractivity contribution in [3.8, 4) is 0 Å². The molecule has 0 spiro atoms. The first kappa shape index (κ1) is 11.3. The topological polar surface area (TPSA) is 12.9 Å². The molecule has 17 heavy (non-hydrogen) atoms. The van der Waals surface area contributed by atoms with E-state index in [4.69, 9.17) is 4.98 Å². The molecule has 0 unspecified atom stereocenters. The molecule has 1 aromatic heterocycles. The number of nitrogens with zero attached hydrogens (tertiary/aromatic N) is 1. The van der Waals surface area contributed by atoms with Crippen molar-refractivity contribution in [2.45, 2.75) is 64.2 Å². The van der Waals surface area contributed by atoms with Crippen molar-refractivity contribution in [2.24, 2.45) is 5.92 Å². The third-order valence-electron chi connectivity index (χ3n) is 4.52. The van der Waals surface area contributed by atoms with Gasteiger partial charge in [0.1, 0.15) is 0 Å². The monoisotopic (exact) mass is 229 g/mol. The molecule has 0 amide bonds. The quantitative estimate of drug-likeness (QED) is 0.761. The Hall–Kier alpha value is -0.850. The molecule has 1 nitrogen and oxygen atoms in total. The lowest BCUT2D eigenvalue weighted by atomic mass is 9.94. The van der Waals surface area contributed by atoms with Crippen molar-refractivity contribution in [1.29, 1.82) is 0 Å². The van der Waals surface area contributed by atoms with Crippen LogP contribution in [0.1, 0.15) is 61.9 Å². The predicted molar refractivity (Wildman–Crippen MR) is 71.2 cm³/mol. The van der Waals surface area contributed by atoms with Crippen LogP contribution in [-0.4, -0.2) is 4.98 Å². The Labute approximate surface area is 105 Å². The molecule has 0 aromatic carbocycles. The van der Waals surface area contributed by atoms with Gasteiger partial charge in [-0.15, -0.1) is 0 Å². The summed E-state index contributed by atoms with van der Waals surface area (Å²) in [6, 6.07) is 4.62. The molecule has 1 saturated carbocycles. The van der Waals surface area contributed by atoms with Crippen LogP contribution in [0.25, 0.3) is 0 Å². The van der Waals surface area contributed by atoms with Crippen LogP contribution in [0, 0.1) is 5.92 Å². The maximum absolute atomic E-state index is 4.87. The second-order valence-corrected chi connectivity index (χ2v) is 5.80. The van der Waals surface area contributed by atoms with Gasteiger partial charge in [-0.2, -0.15) is 0 Å². The zero-order chi connectivity index (χ0) is 11.5. The zero-order valence-electron chi connectivity index (χ0n) is 10.8. The molecule has 0 radical (unpaired) electrons. The van der Waals surface area contributed by atoms with Gasteiger partial charge in [-0.1, -0.05) is 31.7 Å². The van der Waals surface area contributed by atoms with E-state index in [2.05, 4.69) is 12.1 Å². The minimum absolute atomic E-state index is 0.993. The molecular weight excluding hydrogens is 206 g/mol. The van der Waals surface area contributed by atoms with E-state index in [0.29, 0.717) is 0 Å². The minimum atomic E-state index is 0.993. The lowest BCUT2D eigenvalue weighted by Gasteiger charge is -2.16. The molecule has 1 heteroatoms. The Kier molecular flexibility index (Phi) is 3.44. The van der Waals surface area contributed by atoms with E-state index in [-0.39, 0.29) is 0 Å². The van der Waals surface area contributed by atoms with Gasteiger partial charge < -0.3 is 0 Å². The van der Waals surface area contributed by atoms with E-state index in [1.54, 1.807) is 0 Å². The van der Waals surface area contributed by atoms with Crippen LogP contribution in [0.3, 0.4) is 0 Å². The third-order valence-corrected chi connectivity index (χ3v) is 4.52. The SMILES string of the molecule is c1cc2c(nc1CCC1CCCC1)CCCC2. The van der Waals surface area contributed by atoms with Crippen molar-refractivity contribution < 1.29 is 0 Å². The fourth-order valence-electron chi connectivity index (χ4n) is 3.42. The average Bonchev–Trinajstić information content (AvgIpc) is 2.89. The van der Waals surface area contributed by atoms with E-state index >= 15 is 0 Å². The minimum Gasteiger partial charge on any atom is -0.258 e. The number of hydrogen-bond acceptors (Lipinski definition) is 1. The summed E-state index contributed by atoms with van der Waals surface area (Å²) in [6.45, 7) is 0. The Balaban J connectivity index is 1.62. The van der Waals surface area contributed by atoms with Crippen LogP contribution in [0.15, 0.2) is 12.1 Å². The van der Waals surface area contributed by atoms with E-state index in [1.165, 1.54) is 81.2 Å². The van der Waals surface area contributed by atoms with Crippen molar-refractivity contribution in [3.05, 3.63) is 29.1 Å². The summed E-state index contributed by atoms with van der Waals surface area (Å²) in [5.41, 5.74) is 4.26. The zero-order valence-corrected chi connectivity index (χ0v) is 10.8. The summed E-state index contributed by atoms with van der Waals surface area (Å²) in [5.74, 6) is 0.993. The predicted octanol–water partition coefficient (Wildman–Crippen LogP) is 4.08. The van der Waals surface area contributed by atoms with E-state index in [1.807, 2.05) is 0 Å². The van der Waals surface area contributed by atoms with Gasteiger partial charge in [-0.25, -0.2) is 0 Å². The van der Waals surface area contributed by atoms with Crippen LogP contribution < -0.4 is 0 Å². The van der Waals surface area contributed by atoms with Gasteiger partial charge in [0, 0.05) is 11.4 Å². The number of pyridine rings is 1. The second kappa shape index (κ2) is 5.20. The van der Waals surface area contributed by atoms with Crippen LogP contribution in [-0.2, 0) is 19.3 Å². The van der Waals surface area contributed by atoms with Gasteiger partial charge in [-0.05, 0) is 56.1 Å². The number of aryl methyl sites for hydroxylation is 3. The number of rotatable bonds is 3. The molecule has 0 bridgehead atoms. The summed E-state index contributed by atoms with van der Waals surface area (Å²) in [7, 11) is 0. The molecule has 1 aromatic rings. The molecule has 1 fully saturated rings. The smallest absolute Gasteiger partial charge is 0.0438 e. The molecule has 2 aliphatic rings. The van der Waals surface area contributed by atoms with Crippen molar-refractivity contribution >= 4 is 0 Å². The van der Waals surface area contributed by atoms with Gasteiger partial charge in [0.2, 0.25) is 0 Å². The summed E-state index contributed by atoms with van der Waals surface area (Å²) in [5, 5.41) is 0. The largest absolute Gasteiger partial charge is 0.258 e. The molecule has 1 heterocycles. The van der Waals surface area contributed by atoms with Crippen molar-refractivity contribution in [2.75, 3.05) is 0 Å². The van der Waals surface area contributed by atoms with Crippen molar-refractivity contribution in [3.63, 3.8) is 0 Å². The maximum Gasteiger partial charge on any atom is 0.0438 e. The van der Waals surface area contributed by atoms with Crippen molar-refractivity contribution in [1.82, 2.24) is 4.98 Å². The van der Waals surface area contributed by atoms with Crippen LogP contribution in [0.2, 0.25) is 0 Å². The molecule has 0 atom stereocenters. The van der Waals surface area contributed by atoms with Gasteiger partial charge in [-0.3, -0.25) is 4.98 Å². The number of fused-ring (bicyclic) bond motifs is 1. The Morgan fingerprint density at radius 1 is 1.00 bits per heavy atom. The average molecular weight is 229 g/mol. The van der Waals surface area contributed by atoms with E-state index in [9.17, 15) is 0 Å². The fraction of sp³-hybridized carbons (Fsp3) is 0.688. The molecule has 3 rings (SSSR count). The van der Waals surface area contributed by atoms with Crippen LogP contribution in [0.5, 0.6) is 0 Å². The molecule has 0 aliphatic heterocycles. The lowest BCUT2D eigenvalue weighted by molar-refractivity contribution is 0.499. The lowest BCUT2D eigenvalue weighted by Crippen LogP contribution is -2.07. The Morgan fingerprint density at radius 2 is 1.82 bits per heavy atom. The third kappa shape index (κ3) is 2.70. The first-order chi connectivity index (χ1) is 8.42. The molecule has 2 aliphatic carbocycles. The van der Waals surface area contributed by atoms with E-state index in [0.717, 1.165) is 5.92 Å². The second-order valence-electron chi connectivity index (χ2n) is 5.80. The van der Waals surface area contributed by atoms with E-state index < -0.39 is 0 Å². The van der Waals surface area contributed by atoms with Gasteiger partial charge in [0.05, 0.1) is 0 Å². The molecular formula is C16H23N. The summed E-state index contributed by atoms with van der Waals surface area (Å²) >= 11 is 0. The highest BCUT2D eigenvalue weighted by molar-refractivity contribution is 5.25. The summed E-state index contributed by atoms with van der Waals surface area (Å²) < 4.78 is 0. The number of aromatic nitrogens is 1. The standard InChI is InChI=1S/C16H23N/c1-2-6-13(5-1)9-11-15-12-10-14-7-3-4-8-16(14)17-15/h10,12-13H,1-9,11H2. The highest BCUT2D eigenvalue weighted by Gasteiger charge is 2.16. The first-order valence-corrected chi connectivity index (χ1v) is 7.39. The van der Waals surface area contributed by atoms with Crippen LogP contribution >= 0.6 is 0 Å². The molecule has 0 N–H and O–H groups in total. The van der Waals surface area contributed by atoms with Gasteiger partial charge in [0.15, 0.2) is 0 Å². The first-order valence-electron chi connectivity index (χ1n) is 7.39.